The fraction of sp³-hybridized carbons (Fsp3) is 0.238. The summed E-state index contributed by atoms with van der Waals surface area (Å²) >= 11 is 0.648. The molecule has 5 N–H and O–H groups in total. The first-order valence-electron chi connectivity index (χ1n) is 9.71. The zero-order chi connectivity index (χ0) is 24.1. The first-order chi connectivity index (χ1) is 15.7. The number of nitrogens with two attached hydrogens (primary N) is 2. The van der Waals surface area contributed by atoms with Gasteiger partial charge in [0.05, 0.1) is 12.3 Å². The van der Waals surface area contributed by atoms with Gasteiger partial charge in [-0.15, -0.1) is 0 Å². The molecule has 10 nitrogen and oxygen atoms in total. The Balaban J connectivity index is 2.15. The minimum atomic E-state index is -1.33. The van der Waals surface area contributed by atoms with E-state index in [1.807, 2.05) is 0 Å². The van der Waals surface area contributed by atoms with Crippen molar-refractivity contribution in [3.63, 3.8) is 0 Å². The van der Waals surface area contributed by atoms with Crippen LogP contribution in [0.3, 0.4) is 0 Å². The van der Waals surface area contributed by atoms with Gasteiger partial charge >= 0.3 is 0 Å². The zero-order valence-electron chi connectivity index (χ0n) is 17.8. The number of nitrogens with one attached hydrogen (secondary N) is 1. The Hall–Kier alpha value is -3.77. The highest BCUT2D eigenvalue weighted by molar-refractivity contribution is 7.09. The number of amides is 3. The third kappa shape index (κ3) is 5.18. The molecule has 0 aliphatic carbocycles. The predicted octanol–water partition coefficient (Wildman–Crippen LogP) is 2.02. The largest absolute Gasteiger partial charge is 0.464 e. The number of nitrogen functional groups attached to an aromatic ring is 1. The van der Waals surface area contributed by atoms with Crippen LogP contribution in [0.15, 0.2) is 40.8 Å². The summed E-state index contributed by atoms with van der Waals surface area (Å²) in [4.78, 5) is 39.4. The minimum absolute atomic E-state index is 0.0642. The molecule has 0 bridgehead atoms. The lowest BCUT2D eigenvalue weighted by Gasteiger charge is -2.29. The highest BCUT2D eigenvalue weighted by Gasteiger charge is 2.37. The Morgan fingerprint density at radius 3 is 2.64 bits per heavy atom. The molecule has 0 radical (unpaired) electrons. The number of benzene rings is 1. The average molecular weight is 476 g/mol. The number of carbonyl (C=O) groups excluding carboxylic acids is 3. The second-order valence-electron chi connectivity index (χ2n) is 6.93. The number of aromatic nitrogens is 1. The van der Waals surface area contributed by atoms with Crippen molar-refractivity contribution < 1.29 is 27.9 Å². The first-order valence-corrected chi connectivity index (χ1v) is 10.5. The van der Waals surface area contributed by atoms with Crippen molar-refractivity contribution in [1.29, 1.82) is 0 Å². The number of hydrogen-bond acceptors (Lipinski definition) is 8. The molecule has 174 valence electrons. The molecule has 1 aromatic carbocycles. The van der Waals surface area contributed by atoms with Crippen molar-refractivity contribution in [2.24, 2.45) is 5.73 Å². The Kier molecular flexibility index (Phi) is 7.41. The molecule has 0 aliphatic rings. The molecule has 2 heterocycles. The number of nitrogens with zero attached hydrogens (tertiary/aromatic N) is 2. The number of primary amides is 1. The molecule has 0 saturated heterocycles. The van der Waals surface area contributed by atoms with Crippen LogP contribution in [0.4, 0.5) is 15.8 Å². The van der Waals surface area contributed by atoms with Crippen LogP contribution >= 0.6 is 11.5 Å². The van der Waals surface area contributed by atoms with Gasteiger partial charge in [-0.2, -0.15) is 4.37 Å². The van der Waals surface area contributed by atoms with Crippen LogP contribution in [0.2, 0.25) is 0 Å². The van der Waals surface area contributed by atoms with Gasteiger partial charge in [0.2, 0.25) is 0 Å². The monoisotopic (exact) mass is 475 g/mol. The molecular weight excluding hydrogens is 453 g/mol. The van der Waals surface area contributed by atoms with Crippen LogP contribution in [0, 0.1) is 12.7 Å². The maximum absolute atomic E-state index is 14.1. The third-order valence-electron chi connectivity index (χ3n) is 4.60. The van der Waals surface area contributed by atoms with E-state index in [0.29, 0.717) is 17.3 Å². The summed E-state index contributed by atoms with van der Waals surface area (Å²) in [7, 11) is 1.48. The lowest BCUT2D eigenvalue weighted by Crippen LogP contribution is -2.44. The van der Waals surface area contributed by atoms with Gasteiger partial charge in [0, 0.05) is 19.3 Å². The third-order valence-corrected chi connectivity index (χ3v) is 5.45. The van der Waals surface area contributed by atoms with Crippen LogP contribution in [-0.4, -0.2) is 42.4 Å². The highest BCUT2D eigenvalue weighted by atomic mass is 32.1. The van der Waals surface area contributed by atoms with Crippen molar-refractivity contribution in [3.05, 3.63) is 64.3 Å². The number of rotatable bonds is 9. The van der Waals surface area contributed by atoms with E-state index in [1.165, 1.54) is 25.3 Å². The van der Waals surface area contributed by atoms with Gasteiger partial charge in [-0.25, -0.2) is 4.39 Å². The van der Waals surface area contributed by atoms with E-state index in [2.05, 4.69) is 9.69 Å². The number of hydrogen-bond donors (Lipinski definition) is 3. The summed E-state index contributed by atoms with van der Waals surface area (Å²) in [5.74, 6) is -2.29. The van der Waals surface area contributed by atoms with Gasteiger partial charge in [-0.3, -0.25) is 19.3 Å². The summed E-state index contributed by atoms with van der Waals surface area (Å²) in [5, 5.41) is 2.67. The van der Waals surface area contributed by atoms with E-state index >= 15 is 0 Å². The van der Waals surface area contributed by atoms with Crippen LogP contribution < -0.4 is 21.7 Å². The maximum Gasteiger partial charge on any atom is 0.273 e. The van der Waals surface area contributed by atoms with E-state index in [-0.39, 0.29) is 40.9 Å². The molecule has 0 fully saturated rings. The number of halogens is 1. The Bertz CT molecular complexity index is 1180. The maximum atomic E-state index is 14.1. The molecule has 0 spiro atoms. The number of furan rings is 1. The number of carbonyl (C=O) groups is 3. The number of ether oxygens (including phenoxy) is 1. The normalized spacial score (nSPS) is 11.7. The molecule has 1 atom stereocenters. The van der Waals surface area contributed by atoms with E-state index < -0.39 is 29.6 Å². The first kappa shape index (κ1) is 23.9. The van der Waals surface area contributed by atoms with E-state index in [9.17, 15) is 18.8 Å². The van der Waals surface area contributed by atoms with Gasteiger partial charge < -0.3 is 25.9 Å². The van der Waals surface area contributed by atoms with E-state index in [4.69, 9.17) is 20.6 Å². The molecule has 3 aromatic rings. The van der Waals surface area contributed by atoms with Gasteiger partial charge in [-0.1, -0.05) is 6.07 Å². The number of anilines is 2. The van der Waals surface area contributed by atoms with Crippen molar-refractivity contribution in [2.45, 2.75) is 13.0 Å². The van der Waals surface area contributed by atoms with Gasteiger partial charge in [-0.05, 0) is 48.8 Å². The summed E-state index contributed by atoms with van der Waals surface area (Å²) in [6.45, 7) is 2.07. The fourth-order valence-electron chi connectivity index (χ4n) is 3.10. The molecule has 2 aromatic heterocycles. The van der Waals surface area contributed by atoms with Crippen LogP contribution in [-0.2, 0) is 9.53 Å². The van der Waals surface area contributed by atoms with E-state index in [1.54, 1.807) is 19.1 Å². The van der Waals surface area contributed by atoms with E-state index in [0.717, 1.165) is 11.0 Å². The topological polar surface area (TPSA) is 154 Å². The van der Waals surface area contributed by atoms with Crippen LogP contribution in [0.25, 0.3) is 0 Å². The second kappa shape index (κ2) is 10.2. The smallest absolute Gasteiger partial charge is 0.273 e. The summed E-state index contributed by atoms with van der Waals surface area (Å²) in [5.41, 5.74) is 10.8. The zero-order valence-corrected chi connectivity index (χ0v) is 18.6. The van der Waals surface area contributed by atoms with Gasteiger partial charge in [0.15, 0.2) is 11.7 Å². The SMILES string of the molecule is COCCNC(=O)[C@H](c1ccc(C)o1)N(C(=O)c1snc(C(N)=O)c1N)c1cccc(F)c1. The van der Waals surface area contributed by atoms with Crippen molar-refractivity contribution in [3.8, 4) is 0 Å². The average Bonchev–Trinajstić information content (AvgIpc) is 3.37. The standard InChI is InChI=1S/C21H22FN5O5S/c1-11-6-7-14(32-11)17(20(29)25-8-9-31-2)27(13-5-3-4-12(22)10-13)21(30)18-15(23)16(19(24)28)26-33-18/h3-7,10,17H,8-9,23H2,1-2H3,(H2,24,28)(H,25,29)/t17-/m0/s1. The summed E-state index contributed by atoms with van der Waals surface area (Å²) in [6.07, 6.45) is 0. The number of aryl methyl sites for hydroxylation is 1. The number of methoxy groups -OCH3 is 1. The molecular formula is C21H22FN5O5S. The Morgan fingerprint density at radius 1 is 1.30 bits per heavy atom. The Morgan fingerprint density at radius 2 is 2.06 bits per heavy atom. The quantitative estimate of drug-likeness (QED) is 0.400. The highest BCUT2D eigenvalue weighted by Crippen LogP contribution is 2.34. The molecule has 0 unspecified atom stereocenters. The summed E-state index contributed by atoms with van der Waals surface area (Å²) in [6, 6.07) is 6.98. The molecule has 3 amide bonds. The minimum Gasteiger partial charge on any atom is -0.464 e. The van der Waals surface area contributed by atoms with Gasteiger partial charge in [0.25, 0.3) is 17.7 Å². The lowest BCUT2D eigenvalue weighted by molar-refractivity contribution is -0.123. The molecule has 0 aliphatic heterocycles. The predicted molar refractivity (Wildman–Crippen MR) is 119 cm³/mol. The van der Waals surface area contributed by atoms with Gasteiger partial charge in [0.1, 0.15) is 22.2 Å². The van der Waals surface area contributed by atoms with Crippen LogP contribution in [0.5, 0.6) is 0 Å². The Labute approximate surface area is 192 Å². The molecule has 33 heavy (non-hydrogen) atoms. The van der Waals surface area contributed by atoms with Crippen molar-refractivity contribution in [1.82, 2.24) is 9.69 Å². The van der Waals surface area contributed by atoms with Crippen molar-refractivity contribution >= 4 is 40.6 Å². The molecule has 3 rings (SSSR count). The second-order valence-corrected chi connectivity index (χ2v) is 7.70. The fourth-order valence-corrected chi connectivity index (χ4v) is 3.84. The van der Waals surface area contributed by atoms with Crippen LogP contribution in [0.1, 0.15) is 37.7 Å². The van der Waals surface area contributed by atoms with Crippen molar-refractivity contribution in [2.75, 3.05) is 30.9 Å². The lowest BCUT2D eigenvalue weighted by atomic mass is 10.1. The molecule has 0 saturated carbocycles. The summed E-state index contributed by atoms with van der Waals surface area (Å²) < 4.78 is 28.6. The molecule has 12 heteroatoms.